The van der Waals surface area contributed by atoms with Crippen molar-refractivity contribution in [1.29, 1.82) is 0 Å². The van der Waals surface area contributed by atoms with E-state index in [2.05, 4.69) is 6.58 Å². The van der Waals surface area contributed by atoms with Crippen LogP contribution < -0.4 is 5.73 Å². The first kappa shape index (κ1) is 11.4. The van der Waals surface area contributed by atoms with Gasteiger partial charge in [-0.2, -0.15) is 0 Å². The maximum absolute atomic E-state index is 9.64. The topological polar surface area (TPSA) is 46.2 Å². The highest BCUT2D eigenvalue weighted by molar-refractivity contribution is 6.43. The first-order valence-corrected chi connectivity index (χ1v) is 4.86. The predicted molar refractivity (Wildman–Crippen MR) is 59.9 cm³/mol. The fraction of sp³-hybridized carbons (Fsp3) is 0.200. The average molecular weight is 232 g/mol. The highest BCUT2D eigenvalue weighted by atomic mass is 35.5. The second-order valence-corrected chi connectivity index (χ2v) is 3.72. The van der Waals surface area contributed by atoms with Crippen molar-refractivity contribution in [2.24, 2.45) is 5.73 Å². The van der Waals surface area contributed by atoms with Crippen LogP contribution in [0, 0.1) is 0 Å². The van der Waals surface area contributed by atoms with Gasteiger partial charge in [-0.3, -0.25) is 0 Å². The third-order valence-electron chi connectivity index (χ3n) is 1.92. The maximum Gasteiger partial charge on any atom is 0.140 e. The third kappa shape index (κ3) is 2.21. The summed E-state index contributed by atoms with van der Waals surface area (Å²) in [5.41, 5.74) is 6.38. The van der Waals surface area contributed by atoms with Crippen molar-refractivity contribution in [1.82, 2.24) is 0 Å². The molecule has 1 aromatic carbocycles. The van der Waals surface area contributed by atoms with Crippen molar-refractivity contribution >= 4 is 23.2 Å². The Morgan fingerprint density at radius 1 is 1.50 bits per heavy atom. The normalized spacial score (nSPS) is 12.5. The van der Waals surface area contributed by atoms with Gasteiger partial charge in [-0.1, -0.05) is 35.3 Å². The zero-order valence-corrected chi connectivity index (χ0v) is 9.02. The Kier molecular flexibility index (Phi) is 3.81. The van der Waals surface area contributed by atoms with Gasteiger partial charge in [0, 0.05) is 11.6 Å². The summed E-state index contributed by atoms with van der Waals surface area (Å²) in [5.74, 6) is -0.0477. The molecule has 0 spiro atoms. The molecular weight excluding hydrogens is 221 g/mol. The van der Waals surface area contributed by atoms with E-state index in [1.807, 2.05) is 0 Å². The van der Waals surface area contributed by atoms with Gasteiger partial charge in [-0.25, -0.2) is 0 Å². The number of hydrogen-bond donors (Lipinski definition) is 2. The molecule has 0 saturated heterocycles. The van der Waals surface area contributed by atoms with Gasteiger partial charge < -0.3 is 10.8 Å². The number of aromatic hydroxyl groups is 1. The zero-order chi connectivity index (χ0) is 10.7. The molecule has 0 bridgehead atoms. The second kappa shape index (κ2) is 4.69. The molecule has 0 radical (unpaired) electrons. The molecule has 3 N–H and O–H groups in total. The summed E-state index contributed by atoms with van der Waals surface area (Å²) in [6.07, 6.45) is 2.26. The van der Waals surface area contributed by atoms with Gasteiger partial charge in [-0.15, -0.1) is 6.58 Å². The summed E-state index contributed by atoms with van der Waals surface area (Å²) in [4.78, 5) is 0. The summed E-state index contributed by atoms with van der Waals surface area (Å²) >= 11 is 11.5. The van der Waals surface area contributed by atoms with Gasteiger partial charge in [0.2, 0.25) is 0 Å². The Morgan fingerprint density at radius 3 is 2.71 bits per heavy atom. The van der Waals surface area contributed by atoms with E-state index in [9.17, 15) is 5.11 Å². The van der Waals surface area contributed by atoms with Crippen LogP contribution in [-0.4, -0.2) is 5.11 Å². The molecule has 0 aliphatic carbocycles. The number of nitrogens with two attached hydrogens (primary N) is 1. The summed E-state index contributed by atoms with van der Waals surface area (Å²) in [6, 6.07) is 2.97. The summed E-state index contributed by atoms with van der Waals surface area (Å²) in [5, 5.41) is 10.1. The van der Waals surface area contributed by atoms with Crippen molar-refractivity contribution < 1.29 is 5.11 Å². The summed E-state index contributed by atoms with van der Waals surface area (Å²) < 4.78 is 0. The molecule has 4 heteroatoms. The number of hydrogen-bond acceptors (Lipinski definition) is 2. The van der Waals surface area contributed by atoms with E-state index in [0.717, 1.165) is 0 Å². The van der Waals surface area contributed by atoms with E-state index >= 15 is 0 Å². The molecule has 0 unspecified atom stereocenters. The van der Waals surface area contributed by atoms with Crippen LogP contribution in [0.4, 0.5) is 0 Å². The van der Waals surface area contributed by atoms with Crippen LogP contribution in [0.5, 0.6) is 5.75 Å². The minimum absolute atomic E-state index is 0.0477. The van der Waals surface area contributed by atoms with Crippen LogP contribution in [0.1, 0.15) is 18.0 Å². The molecule has 76 valence electrons. The van der Waals surface area contributed by atoms with Crippen LogP contribution in [0.15, 0.2) is 24.8 Å². The molecule has 0 amide bonds. The van der Waals surface area contributed by atoms with E-state index in [1.165, 1.54) is 0 Å². The van der Waals surface area contributed by atoms with Crippen molar-refractivity contribution in [3.63, 3.8) is 0 Å². The van der Waals surface area contributed by atoms with Crippen molar-refractivity contribution in [3.8, 4) is 5.75 Å². The van der Waals surface area contributed by atoms with Gasteiger partial charge >= 0.3 is 0 Å². The molecule has 0 aromatic heterocycles. The fourth-order valence-electron chi connectivity index (χ4n) is 1.16. The van der Waals surface area contributed by atoms with Crippen LogP contribution >= 0.6 is 23.2 Å². The van der Waals surface area contributed by atoms with Crippen LogP contribution in [0.2, 0.25) is 10.0 Å². The Balaban J connectivity index is 3.10. The van der Waals surface area contributed by atoms with Crippen LogP contribution in [-0.2, 0) is 0 Å². The third-order valence-corrected chi connectivity index (χ3v) is 2.71. The van der Waals surface area contributed by atoms with Crippen molar-refractivity contribution in [3.05, 3.63) is 40.4 Å². The molecular formula is C10H11Cl2NO. The Hall–Kier alpha value is -0.700. The lowest BCUT2D eigenvalue weighted by molar-refractivity contribution is 0.462. The first-order valence-electron chi connectivity index (χ1n) is 4.11. The minimum atomic E-state index is -0.303. The second-order valence-electron chi connectivity index (χ2n) is 2.93. The molecule has 0 aliphatic heterocycles. The lowest BCUT2D eigenvalue weighted by Gasteiger charge is -2.12. The molecule has 0 aliphatic rings. The minimum Gasteiger partial charge on any atom is -0.506 e. The van der Waals surface area contributed by atoms with Gasteiger partial charge in [0.05, 0.1) is 5.02 Å². The van der Waals surface area contributed by atoms with Gasteiger partial charge in [0.1, 0.15) is 10.8 Å². The molecule has 2 nitrogen and oxygen atoms in total. The monoisotopic (exact) mass is 231 g/mol. The lowest BCUT2D eigenvalue weighted by atomic mass is 10.0. The quantitative estimate of drug-likeness (QED) is 0.785. The van der Waals surface area contributed by atoms with E-state index in [4.69, 9.17) is 28.9 Å². The average Bonchev–Trinajstić information content (AvgIpc) is 2.15. The number of phenolic OH excluding ortho intramolecular Hbond substituents is 1. The molecule has 14 heavy (non-hydrogen) atoms. The smallest absolute Gasteiger partial charge is 0.140 e. The van der Waals surface area contributed by atoms with Crippen LogP contribution in [0.3, 0.4) is 0 Å². The Bertz CT molecular complexity index is 352. The first-order chi connectivity index (χ1) is 6.57. The molecule has 1 rings (SSSR count). The van der Waals surface area contributed by atoms with Crippen molar-refractivity contribution in [2.75, 3.05) is 0 Å². The standard InChI is InChI=1S/C10H11Cl2NO/c1-2-3-8(13)6-4-5-7(11)9(12)10(6)14/h2,4-5,8,14H,1,3,13H2/t8-/m1/s1. The van der Waals surface area contributed by atoms with E-state index in [1.54, 1.807) is 18.2 Å². The summed E-state index contributed by atoms with van der Waals surface area (Å²) in [6.45, 7) is 3.58. The van der Waals surface area contributed by atoms with Crippen LogP contribution in [0.25, 0.3) is 0 Å². The highest BCUT2D eigenvalue weighted by Crippen LogP contribution is 2.36. The number of rotatable bonds is 3. The van der Waals surface area contributed by atoms with E-state index in [-0.39, 0.29) is 16.8 Å². The Morgan fingerprint density at radius 2 is 2.14 bits per heavy atom. The molecule has 1 atom stereocenters. The Labute approximate surface area is 92.9 Å². The number of phenols is 1. The van der Waals surface area contributed by atoms with E-state index in [0.29, 0.717) is 17.0 Å². The number of benzene rings is 1. The highest BCUT2D eigenvalue weighted by Gasteiger charge is 2.14. The maximum atomic E-state index is 9.64. The summed E-state index contributed by atoms with van der Waals surface area (Å²) in [7, 11) is 0. The molecule has 0 heterocycles. The van der Waals surface area contributed by atoms with Gasteiger partial charge in [-0.05, 0) is 12.5 Å². The predicted octanol–water partition coefficient (Wildman–Crippen LogP) is 3.27. The molecule has 0 fully saturated rings. The van der Waals surface area contributed by atoms with Crippen molar-refractivity contribution in [2.45, 2.75) is 12.5 Å². The van der Waals surface area contributed by atoms with E-state index < -0.39 is 0 Å². The lowest BCUT2D eigenvalue weighted by Crippen LogP contribution is -2.09. The molecule has 0 saturated carbocycles. The molecule has 1 aromatic rings. The zero-order valence-electron chi connectivity index (χ0n) is 7.50. The largest absolute Gasteiger partial charge is 0.506 e. The van der Waals surface area contributed by atoms with Gasteiger partial charge in [0.15, 0.2) is 0 Å². The van der Waals surface area contributed by atoms with Gasteiger partial charge in [0.25, 0.3) is 0 Å². The number of halogens is 2. The SMILES string of the molecule is C=CC[C@@H](N)c1ccc(Cl)c(Cl)c1O. The fourth-order valence-corrected chi connectivity index (χ4v) is 1.49.